The fourth-order valence-corrected chi connectivity index (χ4v) is 4.44. The van der Waals surface area contributed by atoms with E-state index in [1.165, 1.54) is 38.5 Å². The van der Waals surface area contributed by atoms with Crippen LogP contribution in [0.2, 0.25) is 0 Å². The van der Waals surface area contributed by atoms with Crippen molar-refractivity contribution in [3.05, 3.63) is 0 Å². The second kappa shape index (κ2) is 20.2. The highest BCUT2D eigenvalue weighted by atomic mass is 35.5. The average molecular weight is 321 g/mol. The monoisotopic (exact) mass is 320 g/mol. The first-order valence-electron chi connectivity index (χ1n) is 6.72. The van der Waals surface area contributed by atoms with Gasteiger partial charge in [0.15, 0.2) is 0 Å². The topological polar surface area (TPSA) is 57.5 Å². The number of hydrogen-bond donors (Lipinski definition) is 2. The minimum absolute atomic E-state index is 0. The van der Waals surface area contributed by atoms with Crippen LogP contribution in [0.15, 0.2) is 0 Å². The number of halogens is 1. The van der Waals surface area contributed by atoms with E-state index in [9.17, 15) is 0 Å². The molecule has 114 valence electrons. The molecule has 0 spiro atoms. The van der Waals surface area contributed by atoms with Gasteiger partial charge in [0.05, 0.1) is 0 Å². The van der Waals surface area contributed by atoms with Gasteiger partial charge < -0.3 is 9.79 Å². The van der Waals surface area contributed by atoms with E-state index in [-0.39, 0.29) is 12.4 Å². The Morgan fingerprint density at radius 3 is 1.22 bits per heavy atom. The molecular formula is C12H31ClO3P2. The maximum Gasteiger partial charge on any atom is 0.314 e. The van der Waals surface area contributed by atoms with E-state index in [1.807, 2.05) is 0 Å². The smallest absolute Gasteiger partial charge is 0.314 e. The Balaban J connectivity index is -0.000000392. The maximum atomic E-state index is 8.74. The summed E-state index contributed by atoms with van der Waals surface area (Å²) in [6.07, 6.45) is 13.2. The summed E-state index contributed by atoms with van der Waals surface area (Å²) in [4.78, 5) is 14.3. The fourth-order valence-electron chi connectivity index (χ4n) is 1.48. The Kier molecular flexibility index (Phi) is 26.8. The summed E-state index contributed by atoms with van der Waals surface area (Å²) >= 11 is 0. The van der Waals surface area contributed by atoms with Gasteiger partial charge in [-0.2, -0.15) is 0 Å². The number of rotatable bonds is 9. The van der Waals surface area contributed by atoms with Crippen molar-refractivity contribution in [3.8, 4) is 0 Å². The summed E-state index contributed by atoms with van der Waals surface area (Å²) in [7, 11) is -2.71. The summed E-state index contributed by atoms with van der Waals surface area (Å²) in [6.45, 7) is 6.94. The van der Waals surface area contributed by atoms with E-state index in [4.69, 9.17) is 14.4 Å². The van der Waals surface area contributed by atoms with Gasteiger partial charge in [-0.25, -0.2) is 0 Å². The van der Waals surface area contributed by atoms with Gasteiger partial charge in [0, 0.05) is 0 Å². The van der Waals surface area contributed by atoms with E-state index in [0.717, 1.165) is 0 Å². The lowest BCUT2D eigenvalue weighted by Crippen LogP contribution is -1.95. The second-order valence-electron chi connectivity index (χ2n) is 4.18. The summed E-state index contributed by atoms with van der Waals surface area (Å²) in [5.41, 5.74) is 0. The molecular weight excluding hydrogens is 290 g/mol. The molecule has 0 saturated carbocycles. The first-order valence-corrected chi connectivity index (χ1v) is 9.92. The highest BCUT2D eigenvalue weighted by molar-refractivity contribution is 7.57. The van der Waals surface area contributed by atoms with Crippen LogP contribution in [-0.2, 0) is 4.57 Å². The van der Waals surface area contributed by atoms with Crippen molar-refractivity contribution in [3.63, 3.8) is 0 Å². The molecule has 18 heavy (non-hydrogen) atoms. The van der Waals surface area contributed by atoms with Gasteiger partial charge in [0.1, 0.15) is 0 Å². The van der Waals surface area contributed by atoms with Gasteiger partial charge in [-0.1, -0.05) is 40.0 Å². The van der Waals surface area contributed by atoms with Crippen molar-refractivity contribution in [2.24, 2.45) is 0 Å². The van der Waals surface area contributed by atoms with Crippen molar-refractivity contribution in [1.82, 2.24) is 0 Å². The lowest BCUT2D eigenvalue weighted by Gasteiger charge is -2.16. The first-order chi connectivity index (χ1) is 8.08. The molecule has 0 fully saturated rings. The van der Waals surface area contributed by atoms with E-state index in [2.05, 4.69) is 20.8 Å². The molecule has 0 saturated heterocycles. The highest BCUT2D eigenvalue weighted by Gasteiger charge is 2.05. The van der Waals surface area contributed by atoms with Gasteiger partial charge >= 0.3 is 8.25 Å². The van der Waals surface area contributed by atoms with Gasteiger partial charge in [-0.3, -0.25) is 4.57 Å². The highest BCUT2D eigenvalue weighted by Crippen LogP contribution is 2.38. The van der Waals surface area contributed by atoms with Gasteiger partial charge in [0.2, 0.25) is 0 Å². The second-order valence-corrected chi connectivity index (χ2v) is 7.43. The molecule has 0 aromatic heterocycles. The third kappa shape index (κ3) is 25.7. The summed E-state index contributed by atoms with van der Waals surface area (Å²) in [5.74, 6) is 0. The van der Waals surface area contributed by atoms with Crippen LogP contribution < -0.4 is 0 Å². The Morgan fingerprint density at radius 1 is 0.833 bits per heavy atom. The van der Waals surface area contributed by atoms with Gasteiger partial charge in [-0.15, -0.1) is 20.3 Å². The number of unbranched alkanes of at least 4 members (excludes halogenated alkanes) is 3. The zero-order chi connectivity index (χ0) is 13.5. The number of hydrogen-bond acceptors (Lipinski definition) is 1. The Hall–Kier alpha value is 0.870. The molecule has 0 aliphatic rings. The Labute approximate surface area is 121 Å². The molecule has 0 aromatic carbocycles. The minimum Gasteiger partial charge on any atom is -0.326 e. The van der Waals surface area contributed by atoms with Gasteiger partial charge in [-0.05, 0) is 37.7 Å². The molecule has 6 heteroatoms. The van der Waals surface area contributed by atoms with Crippen LogP contribution in [0.25, 0.3) is 0 Å². The van der Waals surface area contributed by atoms with Crippen molar-refractivity contribution in [1.29, 1.82) is 0 Å². The molecule has 0 radical (unpaired) electrons. The van der Waals surface area contributed by atoms with Crippen molar-refractivity contribution in [2.45, 2.75) is 59.3 Å². The van der Waals surface area contributed by atoms with Crippen LogP contribution in [0.1, 0.15) is 59.3 Å². The zero-order valence-corrected chi connectivity index (χ0v) is 14.7. The van der Waals surface area contributed by atoms with E-state index in [0.29, 0.717) is 7.92 Å². The van der Waals surface area contributed by atoms with Crippen LogP contribution in [0.5, 0.6) is 0 Å². The Bertz CT molecular complexity index is 148. The normalized spacial score (nSPS) is 9.94. The molecule has 3 nitrogen and oxygen atoms in total. The van der Waals surface area contributed by atoms with Crippen molar-refractivity contribution >= 4 is 28.6 Å². The quantitative estimate of drug-likeness (QED) is 0.608. The summed E-state index contributed by atoms with van der Waals surface area (Å²) < 4.78 is 8.74. The van der Waals surface area contributed by atoms with Crippen molar-refractivity contribution in [2.75, 3.05) is 18.5 Å². The molecule has 0 aliphatic carbocycles. The van der Waals surface area contributed by atoms with Crippen molar-refractivity contribution < 1.29 is 14.4 Å². The van der Waals surface area contributed by atoms with Crippen LogP contribution >= 0.6 is 28.6 Å². The minimum atomic E-state index is -3.13. The molecule has 0 amide bonds. The van der Waals surface area contributed by atoms with E-state index in [1.54, 1.807) is 18.5 Å². The van der Waals surface area contributed by atoms with E-state index >= 15 is 0 Å². The molecule has 0 unspecified atom stereocenters. The lowest BCUT2D eigenvalue weighted by molar-refractivity contribution is 0.405. The summed E-state index contributed by atoms with van der Waals surface area (Å²) in [6, 6.07) is 0. The molecule has 0 rings (SSSR count). The largest absolute Gasteiger partial charge is 0.326 e. The van der Waals surface area contributed by atoms with Crippen LogP contribution in [0.4, 0.5) is 0 Å². The van der Waals surface area contributed by atoms with Gasteiger partial charge in [0.25, 0.3) is 0 Å². The molecule has 0 atom stereocenters. The molecule has 0 heterocycles. The molecule has 0 bridgehead atoms. The predicted octanol–water partition coefficient (Wildman–Crippen LogP) is 4.65. The first kappa shape index (κ1) is 23.9. The van der Waals surface area contributed by atoms with E-state index < -0.39 is 8.25 Å². The van der Waals surface area contributed by atoms with Crippen LogP contribution in [-0.4, -0.2) is 28.3 Å². The zero-order valence-electron chi connectivity index (χ0n) is 12.0. The Morgan fingerprint density at radius 2 is 1.06 bits per heavy atom. The molecule has 2 N–H and O–H groups in total. The summed E-state index contributed by atoms with van der Waals surface area (Å²) in [5, 5.41) is 0. The standard InChI is InChI=1S/C12H27P.ClH.H3O3P/c1-4-7-10-13(11-8-5-2)12-9-6-3;;1-4(2)3/h4-12H2,1-3H3;1H;4H,(H2,1,2,3). The molecule has 0 aromatic rings. The molecule has 0 aliphatic heterocycles. The third-order valence-corrected chi connectivity index (χ3v) is 5.33. The van der Waals surface area contributed by atoms with Crippen LogP contribution in [0.3, 0.4) is 0 Å². The maximum absolute atomic E-state index is 8.74. The fraction of sp³-hybridized carbons (Fsp3) is 1.00. The lowest BCUT2D eigenvalue weighted by atomic mass is 10.4. The predicted molar refractivity (Wildman–Crippen MR) is 86.9 cm³/mol. The average Bonchev–Trinajstić information content (AvgIpc) is 2.27. The SMILES string of the molecule is CCCCP(CCCC)CCCC.Cl.O=[PH](O)O. The van der Waals surface area contributed by atoms with Crippen LogP contribution in [0, 0.1) is 0 Å². The third-order valence-electron chi connectivity index (χ3n) is 2.48.